The van der Waals surface area contributed by atoms with Gasteiger partial charge in [-0.2, -0.15) is 5.06 Å². The smallest absolute Gasteiger partial charge is 0.439 e. The lowest BCUT2D eigenvalue weighted by molar-refractivity contribution is 0.0328. The van der Waals surface area contributed by atoms with Crippen LogP contribution in [0, 0.1) is 6.92 Å². The molecule has 6 heteroatoms. The number of hydrogen-bond acceptors (Lipinski definition) is 5. The number of carbonyl (C=O) groups is 1. The number of aryl methyl sites for hydroxylation is 1. The van der Waals surface area contributed by atoms with Crippen molar-refractivity contribution in [1.82, 2.24) is 0 Å². The maximum Gasteiger partial charge on any atom is 0.439 e. The van der Waals surface area contributed by atoms with Gasteiger partial charge in [-0.25, -0.2) is 4.79 Å². The van der Waals surface area contributed by atoms with Crippen LogP contribution in [0.15, 0.2) is 18.2 Å². The number of benzene rings is 1. The molecule has 0 saturated carbocycles. The van der Waals surface area contributed by atoms with E-state index in [2.05, 4.69) is 11.0 Å². The van der Waals surface area contributed by atoms with E-state index in [0.717, 1.165) is 24.3 Å². The molecule has 0 unspecified atom stereocenters. The van der Waals surface area contributed by atoms with E-state index in [4.69, 9.17) is 14.3 Å². The first-order valence-electron chi connectivity index (χ1n) is 7.82. The first-order valence-corrected chi connectivity index (χ1v) is 7.82. The minimum atomic E-state index is -0.579. The third-order valence-electron chi connectivity index (χ3n) is 3.40. The second-order valence-corrected chi connectivity index (χ2v) is 6.58. The minimum Gasteiger partial charge on any atom is -0.442 e. The summed E-state index contributed by atoms with van der Waals surface area (Å²) < 4.78 is 10.8. The van der Waals surface area contributed by atoms with E-state index < -0.39 is 11.7 Å². The number of rotatable bonds is 3. The quantitative estimate of drug-likeness (QED) is 0.800. The van der Waals surface area contributed by atoms with E-state index in [-0.39, 0.29) is 0 Å². The third kappa shape index (κ3) is 4.84. The van der Waals surface area contributed by atoms with Crippen LogP contribution >= 0.6 is 0 Å². The standard InChI is InChI=1S/C17H26N2O4/c1-13-10-14(18-6-8-22-9-7-18)12-15(11-13)19(21-5)16(20)23-17(2,3)4/h10-12H,6-9H2,1-5H3. The third-order valence-corrected chi connectivity index (χ3v) is 3.40. The molecule has 2 rings (SSSR count). The maximum absolute atomic E-state index is 12.3. The second kappa shape index (κ2) is 7.19. The Kier molecular flexibility index (Phi) is 5.49. The van der Waals surface area contributed by atoms with E-state index in [1.165, 1.54) is 12.2 Å². The van der Waals surface area contributed by atoms with Crippen molar-refractivity contribution in [1.29, 1.82) is 0 Å². The van der Waals surface area contributed by atoms with E-state index in [9.17, 15) is 4.79 Å². The molecule has 1 aliphatic rings. The molecule has 0 atom stereocenters. The molecule has 1 fully saturated rings. The Bertz CT molecular complexity index is 548. The van der Waals surface area contributed by atoms with E-state index >= 15 is 0 Å². The number of hydrogen-bond donors (Lipinski definition) is 0. The topological polar surface area (TPSA) is 51.2 Å². The molecule has 1 saturated heterocycles. The van der Waals surface area contributed by atoms with Gasteiger partial charge in [-0.3, -0.25) is 4.84 Å². The minimum absolute atomic E-state index is 0.529. The first-order chi connectivity index (χ1) is 10.8. The van der Waals surface area contributed by atoms with Crippen molar-refractivity contribution in [2.45, 2.75) is 33.3 Å². The highest BCUT2D eigenvalue weighted by atomic mass is 16.7. The maximum atomic E-state index is 12.3. The monoisotopic (exact) mass is 322 g/mol. The molecule has 0 spiro atoms. The van der Waals surface area contributed by atoms with Crippen LogP contribution in [-0.4, -0.2) is 45.1 Å². The molecular weight excluding hydrogens is 296 g/mol. The lowest BCUT2D eigenvalue weighted by Crippen LogP contribution is -2.37. The van der Waals surface area contributed by atoms with Gasteiger partial charge in [0, 0.05) is 18.8 Å². The molecule has 1 amide bonds. The molecule has 128 valence electrons. The Morgan fingerprint density at radius 1 is 1.22 bits per heavy atom. The van der Waals surface area contributed by atoms with E-state index in [0.29, 0.717) is 18.9 Å². The van der Waals surface area contributed by atoms with Crippen LogP contribution in [0.2, 0.25) is 0 Å². The highest BCUT2D eigenvalue weighted by Crippen LogP contribution is 2.27. The lowest BCUT2D eigenvalue weighted by atomic mass is 10.1. The van der Waals surface area contributed by atoms with Gasteiger partial charge in [-0.1, -0.05) is 0 Å². The van der Waals surface area contributed by atoms with Gasteiger partial charge < -0.3 is 14.4 Å². The van der Waals surface area contributed by atoms with Gasteiger partial charge >= 0.3 is 6.09 Å². The summed E-state index contributed by atoms with van der Waals surface area (Å²) in [7, 11) is 1.46. The lowest BCUT2D eigenvalue weighted by Gasteiger charge is -2.30. The fourth-order valence-corrected chi connectivity index (χ4v) is 2.45. The fourth-order valence-electron chi connectivity index (χ4n) is 2.45. The largest absolute Gasteiger partial charge is 0.442 e. The summed E-state index contributed by atoms with van der Waals surface area (Å²) in [6, 6.07) is 5.93. The van der Waals surface area contributed by atoms with Gasteiger partial charge in [0.1, 0.15) is 5.60 Å². The number of carbonyl (C=O) groups excluding carboxylic acids is 1. The second-order valence-electron chi connectivity index (χ2n) is 6.58. The molecule has 0 bridgehead atoms. The molecule has 0 N–H and O–H groups in total. The van der Waals surface area contributed by atoms with Crippen LogP contribution in [0.5, 0.6) is 0 Å². The summed E-state index contributed by atoms with van der Waals surface area (Å²) in [6.45, 7) is 10.6. The fraction of sp³-hybridized carbons (Fsp3) is 0.588. The van der Waals surface area contributed by atoms with E-state index in [1.807, 2.05) is 39.8 Å². The zero-order valence-corrected chi connectivity index (χ0v) is 14.6. The predicted molar refractivity (Wildman–Crippen MR) is 89.9 cm³/mol. The number of nitrogens with zero attached hydrogens (tertiary/aromatic N) is 2. The van der Waals surface area contributed by atoms with E-state index in [1.54, 1.807) is 0 Å². The van der Waals surface area contributed by atoms with Crippen LogP contribution in [-0.2, 0) is 14.3 Å². The van der Waals surface area contributed by atoms with Gasteiger partial charge in [0.15, 0.2) is 0 Å². The Labute approximate surface area is 137 Å². The Morgan fingerprint density at radius 2 is 1.87 bits per heavy atom. The van der Waals surface area contributed by atoms with Crippen LogP contribution in [0.25, 0.3) is 0 Å². The van der Waals surface area contributed by atoms with Crippen molar-refractivity contribution in [3.8, 4) is 0 Å². The average Bonchev–Trinajstić information content (AvgIpc) is 2.46. The van der Waals surface area contributed by atoms with Gasteiger partial charge in [0.25, 0.3) is 0 Å². The number of morpholine rings is 1. The summed E-state index contributed by atoms with van der Waals surface area (Å²) in [4.78, 5) is 19.8. The number of anilines is 2. The molecule has 1 aromatic carbocycles. The summed E-state index contributed by atoms with van der Waals surface area (Å²) in [5.41, 5.74) is 2.18. The summed E-state index contributed by atoms with van der Waals surface area (Å²) in [5.74, 6) is 0. The number of ether oxygens (including phenoxy) is 2. The molecule has 1 aromatic rings. The Hall–Kier alpha value is -1.79. The zero-order chi connectivity index (χ0) is 17.0. The van der Waals surface area contributed by atoms with Crippen molar-refractivity contribution >= 4 is 17.5 Å². The van der Waals surface area contributed by atoms with Crippen LogP contribution in [0.3, 0.4) is 0 Å². The Balaban J connectivity index is 2.25. The van der Waals surface area contributed by atoms with Crippen molar-refractivity contribution in [2.24, 2.45) is 0 Å². The molecule has 0 aromatic heterocycles. The molecular formula is C17H26N2O4. The Morgan fingerprint density at radius 3 is 2.43 bits per heavy atom. The van der Waals surface area contributed by atoms with Crippen molar-refractivity contribution in [3.63, 3.8) is 0 Å². The number of hydroxylamine groups is 1. The summed E-state index contributed by atoms with van der Waals surface area (Å²) in [5, 5.41) is 1.18. The van der Waals surface area contributed by atoms with Gasteiger partial charge in [0.05, 0.1) is 26.0 Å². The highest BCUT2D eigenvalue weighted by molar-refractivity contribution is 5.86. The van der Waals surface area contributed by atoms with Crippen molar-refractivity contribution in [2.75, 3.05) is 43.4 Å². The summed E-state index contributed by atoms with van der Waals surface area (Å²) >= 11 is 0. The average molecular weight is 322 g/mol. The highest BCUT2D eigenvalue weighted by Gasteiger charge is 2.24. The first kappa shape index (κ1) is 17.6. The molecule has 23 heavy (non-hydrogen) atoms. The SMILES string of the molecule is CON(C(=O)OC(C)(C)C)c1cc(C)cc(N2CCOCC2)c1. The van der Waals surface area contributed by atoms with Crippen LogP contribution in [0.4, 0.5) is 16.2 Å². The molecule has 0 radical (unpaired) electrons. The summed E-state index contributed by atoms with van der Waals surface area (Å²) in [6.07, 6.45) is -0.529. The van der Waals surface area contributed by atoms with Gasteiger partial charge in [0.2, 0.25) is 0 Å². The van der Waals surface area contributed by atoms with Crippen molar-refractivity contribution in [3.05, 3.63) is 23.8 Å². The van der Waals surface area contributed by atoms with Crippen molar-refractivity contribution < 1.29 is 19.1 Å². The van der Waals surface area contributed by atoms with Gasteiger partial charge in [-0.05, 0) is 51.5 Å². The molecule has 6 nitrogen and oxygen atoms in total. The molecule has 1 heterocycles. The predicted octanol–water partition coefficient (Wildman–Crippen LogP) is 3.13. The van der Waals surface area contributed by atoms with Gasteiger partial charge in [-0.15, -0.1) is 0 Å². The van der Waals surface area contributed by atoms with Crippen LogP contribution < -0.4 is 9.96 Å². The normalized spacial score (nSPS) is 15.4. The van der Waals surface area contributed by atoms with Crippen LogP contribution in [0.1, 0.15) is 26.3 Å². The number of amides is 1. The zero-order valence-electron chi connectivity index (χ0n) is 14.6. The molecule has 0 aliphatic carbocycles. The molecule has 1 aliphatic heterocycles.